The maximum Gasteiger partial charge on any atom is 0.266 e. The van der Waals surface area contributed by atoms with Gasteiger partial charge in [0.25, 0.3) is 5.56 Å². The molecule has 0 saturated carbocycles. The third-order valence-corrected chi connectivity index (χ3v) is 2.89. The summed E-state index contributed by atoms with van der Waals surface area (Å²) in [5.41, 5.74) is 0.891. The van der Waals surface area contributed by atoms with Crippen LogP contribution in [0.3, 0.4) is 0 Å². The Kier molecular flexibility index (Phi) is 4.27. The number of rotatable bonds is 3. The molecule has 0 radical (unpaired) electrons. The number of pyridine rings is 1. The van der Waals surface area contributed by atoms with E-state index in [1.807, 2.05) is 13.0 Å². The zero-order chi connectivity index (χ0) is 12.3. The predicted molar refractivity (Wildman–Crippen MR) is 64.5 cm³/mol. The van der Waals surface area contributed by atoms with Gasteiger partial charge in [0.15, 0.2) is 0 Å². The summed E-state index contributed by atoms with van der Waals surface area (Å²) in [5.74, 6) is 0. The van der Waals surface area contributed by atoms with Crippen LogP contribution in [0.2, 0.25) is 0 Å². The number of aryl methyl sites for hydroxylation is 1. The summed E-state index contributed by atoms with van der Waals surface area (Å²) in [6, 6.07) is 3.27. The van der Waals surface area contributed by atoms with Gasteiger partial charge in [-0.2, -0.15) is 5.26 Å². The highest BCUT2D eigenvalue weighted by atomic mass is 79.9. The molecule has 1 heterocycles. The number of nitrogens with zero attached hydrogens (tertiary/aromatic N) is 1. The molecule has 1 aromatic heterocycles. The standard InChI is InChI=1S/C11H13BrN2O2/c1-3-9-8(10(15)6(2)12)4-7(5-13)11(16)14-9/h4,6,10,15H,3H2,1-2H3,(H,14,16). The Morgan fingerprint density at radius 2 is 2.31 bits per heavy atom. The van der Waals surface area contributed by atoms with Crippen molar-refractivity contribution in [2.45, 2.75) is 31.2 Å². The third-order valence-electron chi connectivity index (χ3n) is 2.39. The monoisotopic (exact) mass is 284 g/mol. The Morgan fingerprint density at radius 1 is 1.69 bits per heavy atom. The quantitative estimate of drug-likeness (QED) is 0.828. The number of hydrogen-bond acceptors (Lipinski definition) is 3. The van der Waals surface area contributed by atoms with E-state index in [0.717, 1.165) is 0 Å². The Bertz CT molecular complexity index is 474. The van der Waals surface area contributed by atoms with Gasteiger partial charge in [-0.05, 0) is 19.4 Å². The van der Waals surface area contributed by atoms with Gasteiger partial charge in [0.05, 0.1) is 6.10 Å². The van der Waals surface area contributed by atoms with Crippen LogP contribution in [0.5, 0.6) is 0 Å². The van der Waals surface area contributed by atoms with Gasteiger partial charge in [-0.1, -0.05) is 22.9 Å². The van der Waals surface area contributed by atoms with Gasteiger partial charge in [-0.25, -0.2) is 0 Å². The number of aliphatic hydroxyl groups is 1. The van der Waals surface area contributed by atoms with Gasteiger partial charge in [0.2, 0.25) is 0 Å². The van der Waals surface area contributed by atoms with E-state index in [4.69, 9.17) is 5.26 Å². The lowest BCUT2D eigenvalue weighted by molar-refractivity contribution is 0.179. The molecule has 0 amide bonds. The van der Waals surface area contributed by atoms with Gasteiger partial charge >= 0.3 is 0 Å². The molecule has 2 N–H and O–H groups in total. The molecule has 86 valence electrons. The van der Waals surface area contributed by atoms with Crippen LogP contribution in [0.25, 0.3) is 0 Å². The molecule has 2 unspecified atom stereocenters. The van der Waals surface area contributed by atoms with Crippen LogP contribution in [0, 0.1) is 11.3 Å². The average Bonchev–Trinajstić information content (AvgIpc) is 2.27. The van der Waals surface area contributed by atoms with Gasteiger partial charge < -0.3 is 10.1 Å². The maximum absolute atomic E-state index is 11.4. The second-order valence-corrected chi connectivity index (χ2v) is 4.98. The molecule has 0 bridgehead atoms. The molecule has 0 fully saturated rings. The van der Waals surface area contributed by atoms with Gasteiger partial charge in [-0.15, -0.1) is 0 Å². The van der Waals surface area contributed by atoms with Crippen LogP contribution in [0.15, 0.2) is 10.9 Å². The van der Waals surface area contributed by atoms with E-state index in [0.29, 0.717) is 17.7 Å². The lowest BCUT2D eigenvalue weighted by Crippen LogP contribution is -2.19. The summed E-state index contributed by atoms with van der Waals surface area (Å²) in [4.78, 5) is 13.9. The topological polar surface area (TPSA) is 76.9 Å². The molecule has 0 spiro atoms. The molecule has 2 atom stereocenters. The molecule has 0 aliphatic carbocycles. The lowest BCUT2D eigenvalue weighted by Gasteiger charge is -2.16. The van der Waals surface area contributed by atoms with Crippen molar-refractivity contribution in [2.75, 3.05) is 0 Å². The van der Waals surface area contributed by atoms with Crippen molar-refractivity contribution in [3.8, 4) is 6.07 Å². The zero-order valence-corrected chi connectivity index (χ0v) is 10.7. The summed E-state index contributed by atoms with van der Waals surface area (Å²) in [5, 5.41) is 18.7. The van der Waals surface area contributed by atoms with Crippen LogP contribution in [0.1, 0.15) is 36.8 Å². The van der Waals surface area contributed by atoms with Crippen LogP contribution in [-0.4, -0.2) is 14.9 Å². The SMILES string of the molecule is CCc1[nH]c(=O)c(C#N)cc1C(O)C(C)Br. The Morgan fingerprint density at radius 3 is 2.75 bits per heavy atom. The normalized spacial score (nSPS) is 14.2. The fourth-order valence-corrected chi connectivity index (χ4v) is 1.76. The molecular weight excluding hydrogens is 272 g/mol. The first kappa shape index (κ1) is 12.9. The molecule has 1 aromatic rings. The molecule has 4 nitrogen and oxygen atoms in total. The number of aromatic nitrogens is 1. The minimum absolute atomic E-state index is 0.0272. The molecule has 5 heteroatoms. The summed E-state index contributed by atoms with van der Waals surface area (Å²) in [6.07, 6.45) is -0.133. The van der Waals surface area contributed by atoms with Crippen molar-refractivity contribution in [3.63, 3.8) is 0 Å². The van der Waals surface area contributed by atoms with E-state index < -0.39 is 11.7 Å². The maximum atomic E-state index is 11.4. The van der Waals surface area contributed by atoms with Crippen molar-refractivity contribution in [2.24, 2.45) is 0 Å². The van der Waals surface area contributed by atoms with E-state index in [9.17, 15) is 9.90 Å². The van der Waals surface area contributed by atoms with Gasteiger partial charge in [0, 0.05) is 16.1 Å². The Balaban J connectivity index is 3.37. The number of halogens is 1. The molecule has 0 aromatic carbocycles. The van der Waals surface area contributed by atoms with E-state index >= 15 is 0 Å². The number of aliphatic hydroxyl groups excluding tert-OH is 1. The van der Waals surface area contributed by atoms with E-state index in [2.05, 4.69) is 20.9 Å². The van der Waals surface area contributed by atoms with Crippen molar-refractivity contribution in [3.05, 3.63) is 33.2 Å². The van der Waals surface area contributed by atoms with Crippen LogP contribution in [-0.2, 0) is 6.42 Å². The van der Waals surface area contributed by atoms with Gasteiger partial charge in [0.1, 0.15) is 11.6 Å². The van der Waals surface area contributed by atoms with Crippen LogP contribution >= 0.6 is 15.9 Å². The highest BCUT2D eigenvalue weighted by Gasteiger charge is 2.18. The summed E-state index contributed by atoms with van der Waals surface area (Å²) < 4.78 is 0. The largest absolute Gasteiger partial charge is 0.387 e. The minimum Gasteiger partial charge on any atom is -0.387 e. The second kappa shape index (κ2) is 5.28. The van der Waals surface area contributed by atoms with Crippen molar-refractivity contribution >= 4 is 15.9 Å². The third kappa shape index (κ3) is 2.52. The molecule has 16 heavy (non-hydrogen) atoms. The Labute approximate surface area is 102 Å². The fourth-order valence-electron chi connectivity index (χ4n) is 1.47. The average molecular weight is 285 g/mol. The summed E-state index contributed by atoms with van der Waals surface area (Å²) in [7, 11) is 0. The second-order valence-electron chi connectivity index (χ2n) is 3.53. The van der Waals surface area contributed by atoms with E-state index in [-0.39, 0.29) is 10.4 Å². The molecule has 0 aliphatic rings. The molecule has 1 rings (SSSR count). The van der Waals surface area contributed by atoms with Gasteiger partial charge in [-0.3, -0.25) is 4.79 Å². The first-order chi connectivity index (χ1) is 7.51. The number of nitriles is 1. The van der Waals surface area contributed by atoms with E-state index in [1.54, 1.807) is 6.92 Å². The molecule has 0 aliphatic heterocycles. The number of nitrogens with one attached hydrogen (secondary N) is 1. The number of hydrogen-bond donors (Lipinski definition) is 2. The lowest BCUT2D eigenvalue weighted by atomic mass is 10.0. The Hall–Kier alpha value is -1.12. The smallest absolute Gasteiger partial charge is 0.266 e. The molecule has 0 saturated heterocycles. The van der Waals surface area contributed by atoms with Crippen LogP contribution in [0.4, 0.5) is 0 Å². The first-order valence-electron chi connectivity index (χ1n) is 4.99. The summed E-state index contributed by atoms with van der Waals surface area (Å²) in [6.45, 7) is 3.69. The minimum atomic E-state index is -0.737. The highest BCUT2D eigenvalue weighted by molar-refractivity contribution is 9.09. The summed E-state index contributed by atoms with van der Waals surface area (Å²) >= 11 is 3.28. The van der Waals surface area contributed by atoms with E-state index in [1.165, 1.54) is 6.07 Å². The van der Waals surface area contributed by atoms with Crippen molar-refractivity contribution < 1.29 is 5.11 Å². The zero-order valence-electron chi connectivity index (χ0n) is 9.12. The predicted octanol–water partition coefficient (Wildman–Crippen LogP) is 1.63. The van der Waals surface area contributed by atoms with Crippen molar-refractivity contribution in [1.82, 2.24) is 4.98 Å². The number of H-pyrrole nitrogens is 1. The highest BCUT2D eigenvalue weighted by Crippen LogP contribution is 2.24. The molecular formula is C11H13BrN2O2. The first-order valence-corrected chi connectivity index (χ1v) is 5.91. The fraction of sp³-hybridized carbons (Fsp3) is 0.455. The van der Waals surface area contributed by atoms with Crippen LogP contribution < -0.4 is 5.56 Å². The number of aromatic amines is 1. The number of alkyl halides is 1. The van der Waals surface area contributed by atoms with Crippen molar-refractivity contribution in [1.29, 1.82) is 5.26 Å².